The van der Waals surface area contributed by atoms with Crippen LogP contribution < -0.4 is 15.5 Å². The average molecular weight is 499 g/mol. The van der Waals surface area contributed by atoms with Crippen molar-refractivity contribution in [1.29, 1.82) is 0 Å². The number of nitrogens with zero attached hydrogens (tertiary/aromatic N) is 5. The highest BCUT2D eigenvalue weighted by molar-refractivity contribution is 7.19. The highest BCUT2D eigenvalue weighted by atomic mass is 32.1. The van der Waals surface area contributed by atoms with Crippen LogP contribution in [0, 0.1) is 0 Å². The Balaban J connectivity index is 1.28. The van der Waals surface area contributed by atoms with Gasteiger partial charge in [0.25, 0.3) is 0 Å². The van der Waals surface area contributed by atoms with Crippen molar-refractivity contribution in [2.24, 2.45) is 5.73 Å². The lowest BCUT2D eigenvalue weighted by atomic mass is 9.63. The van der Waals surface area contributed by atoms with E-state index < -0.39 is 11.1 Å². The fourth-order valence-electron chi connectivity index (χ4n) is 5.48. The summed E-state index contributed by atoms with van der Waals surface area (Å²) in [4.78, 5) is 19.6. The first-order valence-electron chi connectivity index (χ1n) is 12.3. The fraction of sp³-hybridized carbons (Fsp3) is 0.321. The van der Waals surface area contributed by atoms with Gasteiger partial charge in [-0.25, -0.2) is 9.97 Å². The Labute approximate surface area is 215 Å². The van der Waals surface area contributed by atoms with Gasteiger partial charge >= 0.3 is 0 Å². The molecule has 1 saturated carbocycles. The molecule has 0 amide bonds. The van der Waals surface area contributed by atoms with Gasteiger partial charge < -0.3 is 20.6 Å². The molecule has 0 bridgehead atoms. The number of nitrogens with two attached hydrogens (primary N) is 1. The first kappa shape index (κ1) is 23.1. The number of aliphatic hydroxyl groups is 1. The number of thiazole rings is 1. The van der Waals surface area contributed by atoms with Crippen LogP contribution >= 0.6 is 11.3 Å². The van der Waals surface area contributed by atoms with Gasteiger partial charge in [0, 0.05) is 49.7 Å². The van der Waals surface area contributed by atoms with Crippen LogP contribution in [0.1, 0.15) is 25.3 Å². The molecule has 4 aromatic rings. The molecular weight excluding hydrogens is 468 g/mol. The van der Waals surface area contributed by atoms with Gasteiger partial charge in [0.05, 0.1) is 22.4 Å². The van der Waals surface area contributed by atoms with E-state index in [1.807, 2.05) is 19.2 Å². The zero-order valence-electron chi connectivity index (χ0n) is 20.3. The lowest BCUT2D eigenvalue weighted by molar-refractivity contribution is -0.0738. The molecule has 0 radical (unpaired) electrons. The molecule has 184 valence electrons. The Morgan fingerprint density at radius 2 is 1.58 bits per heavy atom. The molecule has 7 nitrogen and oxygen atoms in total. The Bertz CT molecular complexity index is 1320. The molecule has 3 heterocycles. The van der Waals surface area contributed by atoms with E-state index in [2.05, 4.69) is 68.3 Å². The number of benzene rings is 2. The van der Waals surface area contributed by atoms with Crippen LogP contribution in [-0.2, 0) is 5.54 Å². The number of hydrogen-bond donors (Lipinski definition) is 2. The highest BCUT2D eigenvalue weighted by Crippen LogP contribution is 2.47. The van der Waals surface area contributed by atoms with E-state index in [4.69, 9.17) is 10.7 Å². The van der Waals surface area contributed by atoms with Crippen molar-refractivity contribution >= 4 is 22.3 Å². The number of aromatic nitrogens is 3. The Kier molecular flexibility index (Phi) is 5.75. The summed E-state index contributed by atoms with van der Waals surface area (Å²) in [5.74, 6) is 0.924. The van der Waals surface area contributed by atoms with Crippen molar-refractivity contribution in [1.82, 2.24) is 15.0 Å². The largest absolute Gasteiger partial charge is 0.390 e. The number of rotatable bonds is 5. The van der Waals surface area contributed by atoms with Crippen LogP contribution in [0.5, 0.6) is 0 Å². The molecule has 2 aromatic carbocycles. The molecule has 2 aromatic heterocycles. The van der Waals surface area contributed by atoms with Gasteiger partial charge in [-0.1, -0.05) is 65.9 Å². The minimum absolute atomic E-state index is 0.458. The highest BCUT2D eigenvalue weighted by Gasteiger charge is 2.49. The van der Waals surface area contributed by atoms with Crippen LogP contribution in [0.15, 0.2) is 73.2 Å². The molecule has 1 aliphatic carbocycles. The Hall–Kier alpha value is -3.33. The van der Waals surface area contributed by atoms with Crippen LogP contribution in [0.2, 0.25) is 0 Å². The Morgan fingerprint density at radius 3 is 2.22 bits per heavy atom. The van der Waals surface area contributed by atoms with Crippen molar-refractivity contribution < 1.29 is 5.11 Å². The Morgan fingerprint density at radius 1 is 0.889 bits per heavy atom. The van der Waals surface area contributed by atoms with Gasteiger partial charge in [-0.3, -0.25) is 4.98 Å². The molecule has 36 heavy (non-hydrogen) atoms. The summed E-state index contributed by atoms with van der Waals surface area (Å²) in [6, 6.07) is 18.9. The molecule has 2 aliphatic rings. The predicted molar refractivity (Wildman–Crippen MR) is 145 cm³/mol. The summed E-state index contributed by atoms with van der Waals surface area (Å²) in [5, 5.41) is 11.2. The SMILES string of the molecule is C[C@]1(O)C[C@@](N)(c2ccc(-c3nc(N4CCN(c5cnccn5)CC4)sc3-c3ccccc3)cc2)C1. The second-order valence-electron chi connectivity index (χ2n) is 10.2. The molecule has 0 unspecified atom stereocenters. The van der Waals surface area contributed by atoms with Gasteiger partial charge in [0.15, 0.2) is 5.13 Å². The summed E-state index contributed by atoms with van der Waals surface area (Å²) >= 11 is 1.75. The smallest absolute Gasteiger partial charge is 0.186 e. The average Bonchev–Trinajstić information content (AvgIpc) is 3.34. The van der Waals surface area contributed by atoms with Crippen LogP contribution in [-0.4, -0.2) is 51.8 Å². The third-order valence-electron chi connectivity index (χ3n) is 7.20. The molecule has 3 N–H and O–H groups in total. The summed E-state index contributed by atoms with van der Waals surface area (Å²) in [6.07, 6.45) is 6.43. The summed E-state index contributed by atoms with van der Waals surface area (Å²) in [7, 11) is 0. The van der Waals surface area contributed by atoms with Crippen LogP contribution in [0.4, 0.5) is 10.9 Å². The van der Waals surface area contributed by atoms with E-state index in [1.54, 1.807) is 23.7 Å². The van der Waals surface area contributed by atoms with Gasteiger partial charge in [-0.2, -0.15) is 0 Å². The summed E-state index contributed by atoms with van der Waals surface area (Å²) in [5.41, 5.74) is 9.75. The minimum atomic E-state index is -0.672. The molecule has 2 fully saturated rings. The summed E-state index contributed by atoms with van der Waals surface area (Å²) < 4.78 is 0. The zero-order valence-corrected chi connectivity index (χ0v) is 21.2. The monoisotopic (exact) mass is 498 g/mol. The van der Waals surface area contributed by atoms with Crippen molar-refractivity contribution in [3.05, 3.63) is 78.8 Å². The predicted octanol–water partition coefficient (Wildman–Crippen LogP) is 4.29. The molecule has 0 spiro atoms. The van der Waals surface area contributed by atoms with Gasteiger partial charge in [0.2, 0.25) is 0 Å². The third-order valence-corrected chi connectivity index (χ3v) is 8.37. The van der Waals surface area contributed by atoms with E-state index in [0.29, 0.717) is 12.8 Å². The molecule has 0 atom stereocenters. The van der Waals surface area contributed by atoms with Crippen molar-refractivity contribution in [2.45, 2.75) is 30.9 Å². The zero-order chi connectivity index (χ0) is 24.8. The van der Waals surface area contributed by atoms with E-state index in [0.717, 1.165) is 53.9 Å². The van der Waals surface area contributed by atoms with Crippen molar-refractivity contribution in [2.75, 3.05) is 36.0 Å². The molecule has 1 saturated heterocycles. The molecule has 1 aliphatic heterocycles. The lowest BCUT2D eigenvalue weighted by Gasteiger charge is -2.49. The maximum atomic E-state index is 10.2. The van der Waals surface area contributed by atoms with Gasteiger partial charge in [-0.15, -0.1) is 0 Å². The number of hydrogen-bond acceptors (Lipinski definition) is 8. The van der Waals surface area contributed by atoms with Crippen LogP contribution in [0.25, 0.3) is 21.7 Å². The standard InChI is InChI=1S/C28H30N6OS/c1-27(35)18-28(29,19-27)22-9-7-20(8-10-22)24-25(21-5-3-2-4-6-21)36-26(32-24)34-15-13-33(14-16-34)23-17-30-11-12-31-23/h2-12,17,35H,13-16,18-19,29H2,1H3/t27-,28-. The quantitative estimate of drug-likeness (QED) is 0.424. The maximum Gasteiger partial charge on any atom is 0.186 e. The van der Waals surface area contributed by atoms with E-state index in [-0.39, 0.29) is 0 Å². The van der Waals surface area contributed by atoms with E-state index in [9.17, 15) is 5.11 Å². The number of anilines is 2. The second-order valence-corrected chi connectivity index (χ2v) is 11.1. The fourth-order valence-corrected chi connectivity index (χ4v) is 6.62. The summed E-state index contributed by atoms with van der Waals surface area (Å²) in [6.45, 7) is 5.37. The first-order valence-corrected chi connectivity index (χ1v) is 13.2. The number of piperazine rings is 1. The van der Waals surface area contributed by atoms with Gasteiger partial charge in [0.1, 0.15) is 5.82 Å². The van der Waals surface area contributed by atoms with Crippen molar-refractivity contribution in [3.8, 4) is 21.7 Å². The third kappa shape index (κ3) is 4.36. The maximum absolute atomic E-state index is 10.2. The lowest BCUT2D eigenvalue weighted by Crippen LogP contribution is -2.58. The minimum Gasteiger partial charge on any atom is -0.390 e. The van der Waals surface area contributed by atoms with Gasteiger partial charge in [-0.05, 0) is 30.9 Å². The normalized spacial score (nSPS) is 24.0. The molecule has 6 rings (SSSR count). The first-order chi connectivity index (χ1) is 17.4. The molecule has 8 heteroatoms. The topological polar surface area (TPSA) is 91.4 Å². The molecular formula is C28H30N6OS. The van der Waals surface area contributed by atoms with E-state index >= 15 is 0 Å². The second kappa shape index (κ2) is 8.96. The van der Waals surface area contributed by atoms with E-state index in [1.165, 1.54) is 10.4 Å². The van der Waals surface area contributed by atoms with Crippen molar-refractivity contribution in [3.63, 3.8) is 0 Å². The van der Waals surface area contributed by atoms with Crippen LogP contribution in [0.3, 0.4) is 0 Å².